The number of para-hydroxylation sites is 2. The Morgan fingerprint density at radius 2 is 0.627 bits per heavy atom. The molecular weight excluding hydrogens is 617 g/mol. The number of aliphatic imine (C=N–C) groups is 1. The van der Waals surface area contributed by atoms with Crippen LogP contribution in [0.25, 0.3) is 44.5 Å². The minimum Gasteiger partial charge on any atom is -0.345 e. The van der Waals surface area contributed by atoms with Crippen LogP contribution in [0.3, 0.4) is 0 Å². The number of hydrogen-bond acceptors (Lipinski definition) is 1. The van der Waals surface area contributed by atoms with Crippen molar-refractivity contribution in [1.82, 2.24) is 0 Å². The molecule has 6 aromatic carbocycles. The van der Waals surface area contributed by atoms with Crippen molar-refractivity contribution in [2.75, 3.05) is 5.32 Å². The molecule has 2 nitrogen and oxygen atoms in total. The molecule has 258 valence electrons. The normalized spacial score (nSPS) is 11.5. The highest BCUT2D eigenvalue weighted by Gasteiger charge is 2.20. The van der Waals surface area contributed by atoms with Gasteiger partial charge in [-0.2, -0.15) is 0 Å². The van der Waals surface area contributed by atoms with E-state index >= 15 is 0 Å². The van der Waals surface area contributed by atoms with E-state index in [9.17, 15) is 0 Å². The lowest BCUT2D eigenvalue weighted by Crippen LogP contribution is -2.03. The summed E-state index contributed by atoms with van der Waals surface area (Å²) in [7, 11) is 0. The van der Waals surface area contributed by atoms with E-state index in [4.69, 9.17) is 4.99 Å². The molecule has 0 heterocycles. The van der Waals surface area contributed by atoms with Crippen LogP contribution in [0.4, 0.5) is 11.4 Å². The van der Waals surface area contributed by atoms with Gasteiger partial charge < -0.3 is 5.32 Å². The second-order valence-corrected chi connectivity index (χ2v) is 14.9. The quantitative estimate of drug-likeness (QED) is 0.133. The zero-order valence-corrected chi connectivity index (χ0v) is 32.6. The van der Waals surface area contributed by atoms with Crippen LogP contribution < -0.4 is 5.32 Å². The molecule has 0 saturated carbocycles. The van der Waals surface area contributed by atoms with Crippen molar-refractivity contribution < 1.29 is 0 Å². The van der Waals surface area contributed by atoms with Crippen LogP contribution in [0, 0.1) is 83.1 Å². The standard InChI is InChI=1S/C49H52N2/c1-28-19-32(5)44(33(6)20-28)40-15-13-16-41(45-34(7)21-29(2)22-35(45)8)48(40)50-27-51-49-42(46-36(9)23-30(3)24-37(46)10)17-14-18-43(49)47-38(11)25-31(4)26-39(47)12/h13-27H,1-12H3,(H,50,51). The van der Waals surface area contributed by atoms with E-state index < -0.39 is 0 Å². The minimum absolute atomic E-state index is 0.972. The Labute approximate surface area is 306 Å². The second kappa shape index (κ2) is 14.2. The Bertz CT molecular complexity index is 2110. The van der Waals surface area contributed by atoms with Crippen LogP contribution in [-0.4, -0.2) is 6.34 Å². The molecule has 0 aromatic heterocycles. The molecule has 51 heavy (non-hydrogen) atoms. The summed E-state index contributed by atoms with van der Waals surface area (Å²) in [6, 6.07) is 31.6. The van der Waals surface area contributed by atoms with Gasteiger partial charge >= 0.3 is 0 Å². The summed E-state index contributed by atoms with van der Waals surface area (Å²) in [6.07, 6.45) is 1.93. The molecule has 6 aromatic rings. The second-order valence-electron chi connectivity index (χ2n) is 14.9. The number of hydrogen-bond donors (Lipinski definition) is 1. The number of rotatable bonds is 7. The van der Waals surface area contributed by atoms with Gasteiger partial charge in [0.1, 0.15) is 0 Å². The molecule has 0 atom stereocenters. The number of aryl methyl sites for hydroxylation is 12. The highest BCUT2D eigenvalue weighted by molar-refractivity contribution is 6.01. The summed E-state index contributed by atoms with van der Waals surface area (Å²) < 4.78 is 0. The molecule has 0 amide bonds. The maximum Gasteiger partial charge on any atom is 0.0931 e. The molecular formula is C49H52N2. The first kappa shape index (κ1) is 35.6. The van der Waals surface area contributed by atoms with Gasteiger partial charge in [0, 0.05) is 22.3 Å². The molecule has 0 unspecified atom stereocenters. The first-order chi connectivity index (χ1) is 24.2. The van der Waals surface area contributed by atoms with E-state index in [0.29, 0.717) is 0 Å². The van der Waals surface area contributed by atoms with Crippen LogP contribution in [0.2, 0.25) is 0 Å². The largest absolute Gasteiger partial charge is 0.345 e. The SMILES string of the molecule is Cc1cc(C)c(-c2cccc(-c3c(C)cc(C)cc3C)c2N=CNc2c(-c3c(C)cc(C)cc3C)cccc2-c2c(C)cc(C)cc2C)c(C)c1. The average Bonchev–Trinajstić information content (AvgIpc) is 3.01. The predicted molar refractivity (Wildman–Crippen MR) is 223 cm³/mol. The van der Waals surface area contributed by atoms with Crippen molar-refractivity contribution in [2.45, 2.75) is 83.1 Å². The maximum atomic E-state index is 5.41. The topological polar surface area (TPSA) is 24.4 Å². The highest BCUT2D eigenvalue weighted by atomic mass is 15.0. The molecule has 0 bridgehead atoms. The van der Waals surface area contributed by atoms with Gasteiger partial charge in [0.15, 0.2) is 0 Å². The molecule has 0 aliphatic carbocycles. The van der Waals surface area contributed by atoms with Gasteiger partial charge in [-0.25, -0.2) is 4.99 Å². The Morgan fingerprint density at radius 1 is 0.373 bits per heavy atom. The highest BCUT2D eigenvalue weighted by Crippen LogP contribution is 2.45. The zero-order chi connectivity index (χ0) is 36.7. The first-order valence-corrected chi connectivity index (χ1v) is 18.1. The average molecular weight is 669 g/mol. The van der Waals surface area contributed by atoms with E-state index in [1.54, 1.807) is 0 Å². The van der Waals surface area contributed by atoms with Crippen molar-refractivity contribution in [3.63, 3.8) is 0 Å². The van der Waals surface area contributed by atoms with Gasteiger partial charge in [0.05, 0.1) is 17.7 Å². The van der Waals surface area contributed by atoms with E-state index in [1.807, 2.05) is 6.34 Å². The fraction of sp³-hybridized carbons (Fsp3) is 0.245. The monoisotopic (exact) mass is 668 g/mol. The van der Waals surface area contributed by atoms with Gasteiger partial charge in [0.2, 0.25) is 0 Å². The molecule has 0 aliphatic heterocycles. The van der Waals surface area contributed by atoms with Gasteiger partial charge in [-0.1, -0.05) is 107 Å². The van der Waals surface area contributed by atoms with Crippen LogP contribution >= 0.6 is 0 Å². The Hall–Kier alpha value is -5.21. The fourth-order valence-corrected chi connectivity index (χ4v) is 8.79. The summed E-state index contributed by atoms with van der Waals surface area (Å²) in [5, 5.41) is 3.81. The van der Waals surface area contributed by atoms with Gasteiger partial charge in [-0.15, -0.1) is 0 Å². The predicted octanol–water partition coefficient (Wildman–Crippen LogP) is 13.8. The molecule has 0 radical (unpaired) electrons. The van der Waals surface area contributed by atoms with Crippen molar-refractivity contribution in [3.05, 3.63) is 152 Å². The third-order valence-corrected chi connectivity index (χ3v) is 10.3. The van der Waals surface area contributed by atoms with E-state index in [1.165, 1.54) is 100 Å². The van der Waals surface area contributed by atoms with E-state index in [2.05, 4.69) is 173 Å². The Kier molecular flexibility index (Phi) is 9.91. The summed E-state index contributed by atoms with van der Waals surface area (Å²) in [5.74, 6) is 0. The third kappa shape index (κ3) is 6.93. The smallest absolute Gasteiger partial charge is 0.0931 e. The molecule has 1 N–H and O–H groups in total. The van der Waals surface area contributed by atoms with E-state index in [0.717, 1.165) is 22.5 Å². The number of nitrogens with zero attached hydrogens (tertiary/aromatic N) is 1. The van der Waals surface area contributed by atoms with Crippen molar-refractivity contribution in [3.8, 4) is 44.5 Å². The number of anilines is 1. The van der Waals surface area contributed by atoms with Crippen LogP contribution in [0.15, 0.2) is 89.9 Å². The molecule has 0 fully saturated rings. The molecule has 0 saturated heterocycles. The number of nitrogens with one attached hydrogen (secondary N) is 1. The lowest BCUT2D eigenvalue weighted by Gasteiger charge is -2.21. The van der Waals surface area contributed by atoms with E-state index in [-0.39, 0.29) is 0 Å². The number of benzene rings is 6. The van der Waals surface area contributed by atoms with Crippen molar-refractivity contribution in [1.29, 1.82) is 0 Å². The van der Waals surface area contributed by atoms with Gasteiger partial charge in [-0.05, 0) is 150 Å². The van der Waals surface area contributed by atoms with Gasteiger partial charge in [-0.3, -0.25) is 0 Å². The molecule has 0 aliphatic rings. The Balaban J connectivity index is 1.61. The Morgan fingerprint density at radius 3 is 0.922 bits per heavy atom. The third-order valence-electron chi connectivity index (χ3n) is 10.3. The van der Waals surface area contributed by atoms with Crippen LogP contribution in [0.5, 0.6) is 0 Å². The molecule has 6 rings (SSSR count). The lowest BCUT2D eigenvalue weighted by atomic mass is 9.87. The van der Waals surface area contributed by atoms with Crippen molar-refractivity contribution in [2.24, 2.45) is 4.99 Å². The van der Waals surface area contributed by atoms with Crippen LogP contribution in [-0.2, 0) is 0 Å². The van der Waals surface area contributed by atoms with Crippen molar-refractivity contribution >= 4 is 17.7 Å². The summed E-state index contributed by atoms with van der Waals surface area (Å²) in [5.41, 5.74) is 26.9. The first-order valence-electron chi connectivity index (χ1n) is 18.1. The fourth-order valence-electron chi connectivity index (χ4n) is 8.79. The summed E-state index contributed by atoms with van der Waals surface area (Å²) >= 11 is 0. The zero-order valence-electron chi connectivity index (χ0n) is 32.6. The van der Waals surface area contributed by atoms with Gasteiger partial charge in [0.25, 0.3) is 0 Å². The molecule has 2 heteroatoms. The summed E-state index contributed by atoms with van der Waals surface area (Å²) in [4.78, 5) is 5.41. The maximum absolute atomic E-state index is 5.41. The lowest BCUT2D eigenvalue weighted by molar-refractivity contribution is 1.30. The van der Waals surface area contributed by atoms with Crippen LogP contribution in [0.1, 0.15) is 66.8 Å². The molecule has 0 spiro atoms. The minimum atomic E-state index is 0.972. The summed E-state index contributed by atoms with van der Waals surface area (Å²) in [6.45, 7) is 26.5.